The average Bonchev–Trinajstić information content (AvgIpc) is 2.87. The van der Waals surface area contributed by atoms with Crippen molar-refractivity contribution >= 4 is 5.82 Å². The zero-order valence-electron chi connectivity index (χ0n) is 12.5. The molecule has 0 aromatic carbocycles. The first-order valence-electron chi connectivity index (χ1n) is 6.88. The summed E-state index contributed by atoms with van der Waals surface area (Å²) in [5.74, 6) is 7.30. The van der Waals surface area contributed by atoms with Crippen molar-refractivity contribution in [3.05, 3.63) is 24.2 Å². The Morgan fingerprint density at radius 3 is 2.55 bits per heavy atom. The van der Waals surface area contributed by atoms with Gasteiger partial charge in [-0.3, -0.25) is 4.68 Å². The normalized spacial score (nSPS) is 11.3. The summed E-state index contributed by atoms with van der Waals surface area (Å²) < 4.78 is 1.89. The molecular formula is C14H22N6. The Hall–Kier alpha value is -1.95. The summed E-state index contributed by atoms with van der Waals surface area (Å²) >= 11 is 0. The Bertz CT molecular complexity index is 573. The molecule has 0 amide bonds. The van der Waals surface area contributed by atoms with E-state index in [1.165, 1.54) is 0 Å². The zero-order valence-corrected chi connectivity index (χ0v) is 12.5. The lowest BCUT2D eigenvalue weighted by atomic mass is 10.1. The van der Waals surface area contributed by atoms with Crippen LogP contribution in [-0.2, 0) is 6.42 Å². The Morgan fingerprint density at radius 1 is 1.25 bits per heavy atom. The van der Waals surface area contributed by atoms with Crippen LogP contribution in [0.2, 0.25) is 0 Å². The van der Waals surface area contributed by atoms with Gasteiger partial charge in [0.15, 0.2) is 5.82 Å². The van der Waals surface area contributed by atoms with Crippen molar-refractivity contribution in [1.82, 2.24) is 19.7 Å². The van der Waals surface area contributed by atoms with Crippen molar-refractivity contribution in [2.24, 2.45) is 11.8 Å². The molecule has 0 saturated heterocycles. The first-order valence-corrected chi connectivity index (χ1v) is 6.88. The second kappa shape index (κ2) is 6.00. The van der Waals surface area contributed by atoms with E-state index in [4.69, 9.17) is 5.84 Å². The molecule has 20 heavy (non-hydrogen) atoms. The molecule has 108 valence electrons. The Balaban J connectivity index is 2.38. The molecular weight excluding hydrogens is 252 g/mol. The molecule has 2 aromatic heterocycles. The van der Waals surface area contributed by atoms with Gasteiger partial charge >= 0.3 is 0 Å². The van der Waals surface area contributed by atoms with Gasteiger partial charge in [0.05, 0.1) is 11.8 Å². The van der Waals surface area contributed by atoms with Gasteiger partial charge in [-0.25, -0.2) is 15.8 Å². The Kier molecular flexibility index (Phi) is 4.34. The second-order valence-electron chi connectivity index (χ2n) is 5.61. The van der Waals surface area contributed by atoms with E-state index >= 15 is 0 Å². The quantitative estimate of drug-likeness (QED) is 0.646. The van der Waals surface area contributed by atoms with Crippen molar-refractivity contribution in [2.45, 2.75) is 40.2 Å². The molecule has 0 aliphatic rings. The highest BCUT2D eigenvalue weighted by Crippen LogP contribution is 2.19. The highest BCUT2D eigenvalue weighted by atomic mass is 15.3. The van der Waals surface area contributed by atoms with E-state index in [9.17, 15) is 0 Å². The zero-order chi connectivity index (χ0) is 14.7. The minimum absolute atomic E-state index is 0.315. The maximum absolute atomic E-state index is 5.49. The van der Waals surface area contributed by atoms with Gasteiger partial charge in [-0.2, -0.15) is 5.10 Å². The van der Waals surface area contributed by atoms with Crippen LogP contribution in [0, 0.1) is 5.92 Å². The Labute approximate surface area is 119 Å². The third-order valence-corrected chi connectivity index (χ3v) is 2.93. The summed E-state index contributed by atoms with van der Waals surface area (Å²) in [5.41, 5.74) is 4.49. The lowest BCUT2D eigenvalue weighted by molar-refractivity contribution is 0.532. The molecule has 2 rings (SSSR count). The summed E-state index contributed by atoms with van der Waals surface area (Å²) in [7, 11) is 0. The van der Waals surface area contributed by atoms with Crippen molar-refractivity contribution in [1.29, 1.82) is 0 Å². The van der Waals surface area contributed by atoms with E-state index < -0.39 is 0 Å². The molecule has 3 N–H and O–H groups in total. The van der Waals surface area contributed by atoms with Crippen molar-refractivity contribution in [2.75, 3.05) is 5.43 Å². The molecule has 0 atom stereocenters. The van der Waals surface area contributed by atoms with Gasteiger partial charge in [-0.15, -0.1) is 0 Å². The predicted molar refractivity (Wildman–Crippen MR) is 80.0 cm³/mol. The van der Waals surface area contributed by atoms with Gasteiger partial charge in [-0.05, 0) is 26.2 Å². The fourth-order valence-electron chi connectivity index (χ4n) is 1.96. The minimum atomic E-state index is 0.315. The fourth-order valence-corrected chi connectivity index (χ4v) is 1.96. The maximum atomic E-state index is 5.49. The summed E-state index contributed by atoms with van der Waals surface area (Å²) in [4.78, 5) is 9.01. The van der Waals surface area contributed by atoms with Gasteiger partial charge in [0.1, 0.15) is 5.82 Å². The largest absolute Gasteiger partial charge is 0.308 e. The molecule has 0 radical (unpaired) electrons. The van der Waals surface area contributed by atoms with Crippen molar-refractivity contribution in [3.8, 4) is 11.4 Å². The Morgan fingerprint density at radius 2 is 2.00 bits per heavy atom. The molecule has 0 fully saturated rings. The SMILES string of the molecule is CC(C)Cc1cc(NN)nc(-c2cnn(C(C)C)c2)n1. The standard InChI is InChI=1S/C14H22N6/c1-9(2)5-12-6-13(19-15)18-14(17-12)11-7-16-20(8-11)10(3)4/h6-10H,5,15H2,1-4H3,(H,17,18,19). The average molecular weight is 274 g/mol. The lowest BCUT2D eigenvalue weighted by Crippen LogP contribution is -2.11. The van der Waals surface area contributed by atoms with Gasteiger partial charge in [0.2, 0.25) is 0 Å². The number of rotatable bonds is 5. The van der Waals surface area contributed by atoms with Crippen LogP contribution in [0.3, 0.4) is 0 Å². The highest BCUT2D eigenvalue weighted by Gasteiger charge is 2.10. The first kappa shape index (κ1) is 14.5. The third kappa shape index (κ3) is 3.33. The van der Waals surface area contributed by atoms with E-state index in [2.05, 4.69) is 48.2 Å². The van der Waals surface area contributed by atoms with E-state index in [1.54, 1.807) is 6.20 Å². The van der Waals surface area contributed by atoms with E-state index in [0.29, 0.717) is 23.6 Å². The number of nitrogens with two attached hydrogens (primary N) is 1. The monoisotopic (exact) mass is 274 g/mol. The molecule has 0 aliphatic carbocycles. The second-order valence-corrected chi connectivity index (χ2v) is 5.61. The lowest BCUT2D eigenvalue weighted by Gasteiger charge is -2.08. The molecule has 0 aliphatic heterocycles. The summed E-state index contributed by atoms with van der Waals surface area (Å²) in [6.07, 6.45) is 4.64. The van der Waals surface area contributed by atoms with E-state index in [0.717, 1.165) is 17.7 Å². The van der Waals surface area contributed by atoms with E-state index in [-0.39, 0.29) is 0 Å². The number of nitrogens with zero attached hydrogens (tertiary/aromatic N) is 4. The van der Waals surface area contributed by atoms with E-state index in [1.807, 2.05) is 16.9 Å². The van der Waals surface area contributed by atoms with Gasteiger partial charge in [-0.1, -0.05) is 13.8 Å². The molecule has 2 heterocycles. The first-order chi connectivity index (χ1) is 9.49. The summed E-state index contributed by atoms with van der Waals surface area (Å²) in [6.45, 7) is 8.49. The van der Waals surface area contributed by atoms with Crippen LogP contribution in [-0.4, -0.2) is 19.7 Å². The number of nitrogen functional groups attached to an aromatic ring is 1. The molecule has 0 saturated carbocycles. The van der Waals surface area contributed by atoms with Gasteiger partial charge in [0.25, 0.3) is 0 Å². The van der Waals surface area contributed by atoms with Crippen LogP contribution in [0.15, 0.2) is 18.5 Å². The van der Waals surface area contributed by atoms with Crippen LogP contribution in [0.1, 0.15) is 39.4 Å². The molecule has 6 nitrogen and oxygen atoms in total. The smallest absolute Gasteiger partial charge is 0.164 e. The van der Waals surface area contributed by atoms with Crippen molar-refractivity contribution in [3.63, 3.8) is 0 Å². The summed E-state index contributed by atoms with van der Waals surface area (Å²) in [6, 6.07) is 2.20. The number of aromatic nitrogens is 4. The van der Waals surface area contributed by atoms with Gasteiger partial charge in [0, 0.05) is 24.0 Å². The minimum Gasteiger partial charge on any atom is -0.308 e. The predicted octanol–water partition coefficient (Wildman–Crippen LogP) is 2.41. The number of anilines is 1. The number of hydrazine groups is 1. The molecule has 0 unspecified atom stereocenters. The fraction of sp³-hybridized carbons (Fsp3) is 0.500. The van der Waals surface area contributed by atoms with Crippen LogP contribution >= 0.6 is 0 Å². The van der Waals surface area contributed by atoms with Gasteiger partial charge < -0.3 is 5.43 Å². The number of nitrogens with one attached hydrogen (secondary N) is 1. The van der Waals surface area contributed by atoms with Crippen LogP contribution in [0.5, 0.6) is 0 Å². The maximum Gasteiger partial charge on any atom is 0.164 e. The van der Waals surface area contributed by atoms with Crippen LogP contribution in [0.25, 0.3) is 11.4 Å². The topological polar surface area (TPSA) is 81.6 Å². The van der Waals surface area contributed by atoms with Crippen molar-refractivity contribution < 1.29 is 0 Å². The molecule has 0 spiro atoms. The third-order valence-electron chi connectivity index (χ3n) is 2.93. The van der Waals surface area contributed by atoms with Crippen LogP contribution < -0.4 is 11.3 Å². The molecule has 0 bridgehead atoms. The molecule has 6 heteroatoms. The number of hydrogen-bond acceptors (Lipinski definition) is 5. The number of hydrogen-bond donors (Lipinski definition) is 2. The summed E-state index contributed by atoms with van der Waals surface area (Å²) in [5, 5.41) is 4.32. The molecule has 2 aromatic rings. The van der Waals surface area contributed by atoms with Crippen LogP contribution in [0.4, 0.5) is 5.82 Å². The highest BCUT2D eigenvalue weighted by molar-refractivity contribution is 5.55.